The van der Waals surface area contributed by atoms with Crippen LogP contribution in [0.25, 0.3) is 10.8 Å². The van der Waals surface area contributed by atoms with Crippen LogP contribution in [0.5, 0.6) is 0 Å². The monoisotopic (exact) mass is 1010 g/mol. The molecular weight excluding hydrogens is 931 g/mol. The summed E-state index contributed by atoms with van der Waals surface area (Å²) in [5, 5.41) is 17.1. The summed E-state index contributed by atoms with van der Waals surface area (Å²) in [5.74, 6) is -4.73. The van der Waals surface area contributed by atoms with E-state index in [2.05, 4.69) is 21.5 Å². The minimum Gasteiger partial charge on any atom is -0.480 e. The van der Waals surface area contributed by atoms with Crippen LogP contribution in [0.15, 0.2) is 66.7 Å². The number of aliphatic carboxylic acids is 1. The number of hydrazine groups is 1. The lowest BCUT2D eigenvalue weighted by atomic mass is 10.0. The van der Waals surface area contributed by atoms with E-state index >= 15 is 0 Å². The van der Waals surface area contributed by atoms with Gasteiger partial charge in [0.1, 0.15) is 28.4 Å². The molecule has 0 saturated carbocycles. The Morgan fingerprint density at radius 2 is 0.986 bits per heavy atom. The number of nitrogens with zero attached hydrogens (tertiary/aromatic N) is 3. The van der Waals surface area contributed by atoms with E-state index < -0.39 is 82.7 Å². The molecule has 4 amide bonds. The lowest BCUT2D eigenvalue weighted by Gasteiger charge is -2.30. The largest absolute Gasteiger partial charge is 0.480 e. The molecule has 20 nitrogen and oxygen atoms in total. The van der Waals surface area contributed by atoms with Crippen molar-refractivity contribution < 1.29 is 62.4 Å². The van der Waals surface area contributed by atoms with Gasteiger partial charge in [-0.3, -0.25) is 59.1 Å². The normalized spacial score (nSPS) is 12.5. The van der Waals surface area contributed by atoms with E-state index in [4.69, 9.17) is 18.9 Å². The van der Waals surface area contributed by atoms with Crippen LogP contribution in [0.2, 0.25) is 0 Å². The third-order valence-corrected chi connectivity index (χ3v) is 9.78. The molecule has 0 spiro atoms. The molecule has 396 valence electrons. The number of carboxylic acids is 1. The molecule has 20 heteroatoms. The van der Waals surface area contributed by atoms with Crippen LogP contribution in [-0.2, 0) is 60.7 Å². The fraction of sp³-hybridized carbons (Fsp3) is 0.538. The number of carbonyl (C=O) groups excluding carboxylic acids is 7. The zero-order chi connectivity index (χ0) is 54.0. The topological polar surface area (TPSA) is 252 Å². The maximum absolute atomic E-state index is 13.5. The van der Waals surface area contributed by atoms with Crippen LogP contribution >= 0.6 is 0 Å². The number of benzene rings is 3. The van der Waals surface area contributed by atoms with E-state index in [1.807, 2.05) is 42.5 Å². The van der Waals surface area contributed by atoms with Crippen molar-refractivity contribution in [3.63, 3.8) is 0 Å². The van der Waals surface area contributed by atoms with Crippen molar-refractivity contribution in [3.05, 3.63) is 83.4 Å². The summed E-state index contributed by atoms with van der Waals surface area (Å²) < 4.78 is 21.8. The number of amides is 4. The molecule has 0 heterocycles. The van der Waals surface area contributed by atoms with Gasteiger partial charge in [0.05, 0.1) is 32.7 Å². The van der Waals surface area contributed by atoms with E-state index in [9.17, 15) is 43.5 Å². The van der Waals surface area contributed by atoms with E-state index in [1.54, 1.807) is 100 Å². The van der Waals surface area contributed by atoms with E-state index in [-0.39, 0.29) is 70.9 Å². The Morgan fingerprint density at radius 1 is 0.528 bits per heavy atom. The molecule has 3 aromatic carbocycles. The molecule has 0 unspecified atom stereocenters. The van der Waals surface area contributed by atoms with Crippen molar-refractivity contribution in [2.24, 2.45) is 0 Å². The molecule has 0 aliphatic rings. The number of alkyl carbamates (subject to hydrolysis) is 1. The summed E-state index contributed by atoms with van der Waals surface area (Å²) in [6.07, 6.45) is -0.706. The van der Waals surface area contributed by atoms with Crippen molar-refractivity contribution in [1.82, 2.24) is 36.2 Å². The first kappa shape index (κ1) is 59.7. The van der Waals surface area contributed by atoms with Gasteiger partial charge in [0, 0.05) is 44.7 Å². The Labute approximate surface area is 422 Å². The summed E-state index contributed by atoms with van der Waals surface area (Å²) in [6.45, 7) is 19.3. The van der Waals surface area contributed by atoms with Crippen molar-refractivity contribution >= 4 is 58.5 Å². The molecule has 0 fully saturated rings. The Hall–Kier alpha value is -6.64. The number of carboxylic acid groups (broad SMARTS) is 1. The molecule has 0 radical (unpaired) electrons. The fourth-order valence-corrected chi connectivity index (χ4v) is 6.90. The SMILES string of the molecule is CC(C)(C)OC(=O)CN(CCN(CCN(CC(=O)OC(C)(C)C)CC(=O)OC(C)(C)C)CC(=O)NCc1ccc(C(=O)NNC(=O)[C@@H](Cc2ccc3ccccc3c2)NC(=O)OC(C)(C)C)cc1)CC(=O)O. The third kappa shape index (κ3) is 25.0. The zero-order valence-electron chi connectivity index (χ0n) is 43.9. The minimum absolute atomic E-state index is 0.0340. The highest BCUT2D eigenvalue weighted by Gasteiger charge is 2.28. The molecule has 3 aromatic rings. The Bertz CT molecular complexity index is 2320. The quantitative estimate of drug-likeness (QED) is 0.0503. The van der Waals surface area contributed by atoms with Crippen LogP contribution in [0, 0.1) is 0 Å². The standard InChI is InChI=1S/C52H75N7O13/c1-49(2,3)69-43(63)32-58(31-42(61)62)25-23-57(24-26-59(33-44(64)70-50(4,5)6)34-45(65)71-51(7,8)9)30-41(60)53-29-35-17-21-38(22-18-35)46(66)55-56-47(67)40(54-48(68)72-52(10,11)12)28-36-19-20-37-15-13-14-16-39(37)27-36/h13-22,27,40H,23-26,28-34H2,1-12H3,(H,53,60)(H,54,68)(H,55,66)(H,56,67)(H,61,62)/t40-/m1/s1. The zero-order valence-corrected chi connectivity index (χ0v) is 43.9. The van der Waals surface area contributed by atoms with Gasteiger partial charge in [-0.1, -0.05) is 54.6 Å². The lowest BCUT2D eigenvalue weighted by molar-refractivity contribution is -0.160. The van der Waals surface area contributed by atoms with Gasteiger partial charge in [0.15, 0.2) is 0 Å². The highest BCUT2D eigenvalue weighted by Crippen LogP contribution is 2.18. The van der Waals surface area contributed by atoms with Crippen molar-refractivity contribution in [1.29, 1.82) is 0 Å². The van der Waals surface area contributed by atoms with Crippen molar-refractivity contribution in [2.75, 3.05) is 58.9 Å². The smallest absolute Gasteiger partial charge is 0.408 e. The number of hydrogen-bond donors (Lipinski definition) is 5. The van der Waals surface area contributed by atoms with Gasteiger partial charge in [0.25, 0.3) is 11.8 Å². The van der Waals surface area contributed by atoms with Crippen LogP contribution < -0.4 is 21.5 Å². The molecule has 5 N–H and O–H groups in total. The Morgan fingerprint density at radius 3 is 1.47 bits per heavy atom. The predicted molar refractivity (Wildman–Crippen MR) is 269 cm³/mol. The van der Waals surface area contributed by atoms with Gasteiger partial charge in [-0.2, -0.15) is 0 Å². The predicted octanol–water partition coefficient (Wildman–Crippen LogP) is 4.37. The summed E-state index contributed by atoms with van der Waals surface area (Å²) >= 11 is 0. The number of carbonyl (C=O) groups is 8. The Kier molecular flexibility index (Phi) is 22.1. The number of rotatable bonds is 23. The van der Waals surface area contributed by atoms with Crippen LogP contribution in [-0.4, -0.2) is 155 Å². The van der Waals surface area contributed by atoms with E-state index in [0.717, 1.165) is 16.3 Å². The average molecular weight is 1010 g/mol. The first-order valence-corrected chi connectivity index (χ1v) is 23.8. The first-order chi connectivity index (χ1) is 33.3. The molecule has 0 aromatic heterocycles. The van der Waals surface area contributed by atoms with Crippen molar-refractivity contribution in [3.8, 4) is 0 Å². The summed E-state index contributed by atoms with van der Waals surface area (Å²) in [5.41, 5.74) is 3.15. The fourth-order valence-electron chi connectivity index (χ4n) is 6.90. The maximum atomic E-state index is 13.5. The summed E-state index contributed by atoms with van der Waals surface area (Å²) in [4.78, 5) is 108. The lowest BCUT2D eigenvalue weighted by Crippen LogP contribution is -2.53. The first-order valence-electron chi connectivity index (χ1n) is 23.8. The Balaban J connectivity index is 1.72. The number of fused-ring (bicyclic) bond motifs is 1. The van der Waals surface area contributed by atoms with E-state index in [0.29, 0.717) is 5.56 Å². The van der Waals surface area contributed by atoms with Crippen LogP contribution in [0.3, 0.4) is 0 Å². The second-order valence-electron chi connectivity index (χ2n) is 21.4. The number of esters is 3. The van der Waals surface area contributed by atoms with Crippen LogP contribution in [0.1, 0.15) is 105 Å². The second-order valence-corrected chi connectivity index (χ2v) is 21.4. The number of nitrogens with one attached hydrogen (secondary N) is 4. The van der Waals surface area contributed by atoms with Gasteiger partial charge >= 0.3 is 30.0 Å². The summed E-state index contributed by atoms with van der Waals surface area (Å²) in [6, 6.07) is 18.5. The van der Waals surface area contributed by atoms with Crippen LogP contribution in [0.4, 0.5) is 4.79 Å². The van der Waals surface area contributed by atoms with Gasteiger partial charge in [-0.05, 0) is 117 Å². The van der Waals surface area contributed by atoms with E-state index in [1.165, 1.54) is 21.9 Å². The average Bonchev–Trinajstić information content (AvgIpc) is 3.22. The molecule has 3 rings (SSSR count). The summed E-state index contributed by atoms with van der Waals surface area (Å²) in [7, 11) is 0. The molecular formula is C52H75N7O13. The molecule has 0 aliphatic heterocycles. The number of hydrogen-bond acceptors (Lipinski definition) is 15. The molecule has 0 bridgehead atoms. The molecule has 0 saturated heterocycles. The van der Waals surface area contributed by atoms with Crippen molar-refractivity contribution in [2.45, 2.75) is 124 Å². The minimum atomic E-state index is -1.17. The molecule has 1 atom stereocenters. The van der Waals surface area contributed by atoms with Gasteiger partial charge in [-0.15, -0.1) is 0 Å². The van der Waals surface area contributed by atoms with Gasteiger partial charge in [-0.25, -0.2) is 4.79 Å². The molecule has 0 aliphatic carbocycles. The van der Waals surface area contributed by atoms with Gasteiger partial charge in [0.2, 0.25) is 5.91 Å². The van der Waals surface area contributed by atoms with Gasteiger partial charge < -0.3 is 34.7 Å². The third-order valence-electron chi connectivity index (χ3n) is 9.78. The molecule has 72 heavy (non-hydrogen) atoms. The number of ether oxygens (including phenoxy) is 4. The highest BCUT2D eigenvalue weighted by atomic mass is 16.6. The highest BCUT2D eigenvalue weighted by molar-refractivity contribution is 5.96. The maximum Gasteiger partial charge on any atom is 0.408 e. The second kappa shape index (κ2) is 26.7.